The van der Waals surface area contributed by atoms with Crippen LogP contribution in [0.4, 0.5) is 13.2 Å². The molecule has 0 radical (unpaired) electrons. The van der Waals surface area contributed by atoms with Crippen molar-refractivity contribution in [2.45, 2.75) is 38.1 Å². The summed E-state index contributed by atoms with van der Waals surface area (Å²) in [6.45, 7) is 1.61. The molecule has 140 valence electrons. The molecular formula is C17H17F3N2O4. The smallest absolute Gasteiger partial charge is 0.322 e. The molecule has 0 bridgehead atoms. The molecule has 3 rings (SSSR count). The van der Waals surface area contributed by atoms with Gasteiger partial charge in [0.25, 0.3) is 5.56 Å². The Morgan fingerprint density at radius 1 is 1.31 bits per heavy atom. The van der Waals surface area contributed by atoms with Crippen LogP contribution < -0.4 is 5.56 Å². The predicted molar refractivity (Wildman–Crippen MR) is 83.6 cm³/mol. The summed E-state index contributed by atoms with van der Waals surface area (Å²) in [6, 6.07) is 2.78. The first-order chi connectivity index (χ1) is 12.3. The minimum absolute atomic E-state index is 0.124. The van der Waals surface area contributed by atoms with E-state index in [0.29, 0.717) is 25.1 Å². The van der Waals surface area contributed by atoms with Crippen molar-refractivity contribution in [3.8, 4) is 0 Å². The zero-order valence-electron chi connectivity index (χ0n) is 13.9. The minimum atomic E-state index is -1.53. The molecular weight excluding hydrogens is 353 g/mol. The Kier molecular flexibility index (Phi) is 5.17. The van der Waals surface area contributed by atoms with Crippen molar-refractivity contribution >= 4 is 5.97 Å². The van der Waals surface area contributed by atoms with Crippen LogP contribution in [0.25, 0.3) is 0 Å². The molecule has 1 fully saturated rings. The van der Waals surface area contributed by atoms with Gasteiger partial charge in [0.15, 0.2) is 17.5 Å². The lowest BCUT2D eigenvalue weighted by Gasteiger charge is -2.36. The number of hydroxylamine groups is 2. The molecule has 0 spiro atoms. The van der Waals surface area contributed by atoms with Gasteiger partial charge in [0.05, 0.1) is 6.04 Å². The van der Waals surface area contributed by atoms with Crippen LogP contribution in [0.15, 0.2) is 27.5 Å². The minimum Gasteiger partial charge on any atom is -0.383 e. The average molecular weight is 370 g/mol. The lowest BCUT2D eigenvalue weighted by Crippen LogP contribution is -2.44. The second kappa shape index (κ2) is 7.36. The van der Waals surface area contributed by atoms with E-state index in [1.54, 1.807) is 0 Å². The number of benzene rings is 1. The van der Waals surface area contributed by atoms with Crippen LogP contribution in [-0.4, -0.2) is 28.8 Å². The highest BCUT2D eigenvalue weighted by atomic mass is 19.2. The second-order valence-corrected chi connectivity index (χ2v) is 6.29. The van der Waals surface area contributed by atoms with Gasteiger partial charge in [-0.15, -0.1) is 5.06 Å². The fourth-order valence-electron chi connectivity index (χ4n) is 3.25. The zero-order valence-corrected chi connectivity index (χ0v) is 13.9. The van der Waals surface area contributed by atoms with Gasteiger partial charge in [-0.3, -0.25) is 9.59 Å². The van der Waals surface area contributed by atoms with E-state index in [2.05, 4.69) is 5.16 Å². The number of H-pyrrole nitrogens is 1. The molecule has 0 aliphatic carbocycles. The van der Waals surface area contributed by atoms with Crippen LogP contribution in [0.5, 0.6) is 0 Å². The lowest BCUT2D eigenvalue weighted by atomic mass is 9.87. The summed E-state index contributed by atoms with van der Waals surface area (Å²) >= 11 is 0. The maximum atomic E-state index is 13.5. The number of carbonyl (C=O) groups is 1. The number of aromatic amines is 1. The number of nitrogens with zero attached hydrogens (tertiary/aromatic N) is 1. The van der Waals surface area contributed by atoms with Gasteiger partial charge >= 0.3 is 5.97 Å². The summed E-state index contributed by atoms with van der Waals surface area (Å²) < 4.78 is 45.2. The van der Waals surface area contributed by atoms with E-state index in [1.165, 1.54) is 18.1 Å². The lowest BCUT2D eigenvalue weighted by molar-refractivity contribution is -0.207. The van der Waals surface area contributed by atoms with Gasteiger partial charge in [0.2, 0.25) is 0 Å². The number of hydrogen-bond acceptors (Lipinski definition) is 5. The van der Waals surface area contributed by atoms with Gasteiger partial charge in [-0.05, 0) is 37.0 Å². The van der Waals surface area contributed by atoms with E-state index in [-0.39, 0.29) is 23.5 Å². The van der Waals surface area contributed by atoms with E-state index in [1.807, 2.05) is 0 Å². The molecule has 2 atom stereocenters. The summed E-state index contributed by atoms with van der Waals surface area (Å²) in [4.78, 5) is 27.8. The van der Waals surface area contributed by atoms with Crippen molar-refractivity contribution in [2.75, 3.05) is 6.54 Å². The first kappa shape index (κ1) is 18.2. The number of rotatable bonds is 4. The van der Waals surface area contributed by atoms with E-state index >= 15 is 0 Å². The fourth-order valence-corrected chi connectivity index (χ4v) is 3.25. The van der Waals surface area contributed by atoms with Crippen molar-refractivity contribution in [2.24, 2.45) is 0 Å². The van der Waals surface area contributed by atoms with Crippen molar-refractivity contribution in [1.82, 2.24) is 10.2 Å². The van der Waals surface area contributed by atoms with Crippen LogP contribution in [0.3, 0.4) is 0 Å². The second-order valence-electron chi connectivity index (χ2n) is 6.29. The van der Waals surface area contributed by atoms with Crippen molar-refractivity contribution in [3.05, 3.63) is 57.3 Å². The molecule has 1 saturated heterocycles. The summed E-state index contributed by atoms with van der Waals surface area (Å²) in [7, 11) is 0. The number of aromatic nitrogens is 1. The Bertz CT molecular complexity index is 841. The van der Waals surface area contributed by atoms with Crippen LogP contribution >= 0.6 is 0 Å². The molecule has 1 N–H and O–H groups in total. The van der Waals surface area contributed by atoms with E-state index in [0.717, 1.165) is 12.1 Å². The Balaban J connectivity index is 1.82. The molecule has 1 aromatic carbocycles. The van der Waals surface area contributed by atoms with Crippen LogP contribution in [0.2, 0.25) is 0 Å². The molecule has 2 unspecified atom stereocenters. The first-order valence-electron chi connectivity index (χ1n) is 8.10. The SMILES string of the molecule is CC(=O)ON1CCC(c2cc(=O)[nH]o2)CC1Cc1cc(F)c(F)c(F)c1. The Morgan fingerprint density at radius 2 is 2.00 bits per heavy atom. The fraction of sp³-hybridized carbons (Fsp3) is 0.412. The molecule has 6 nitrogen and oxygen atoms in total. The maximum absolute atomic E-state index is 13.5. The van der Waals surface area contributed by atoms with Gasteiger partial charge in [0, 0.05) is 25.5 Å². The number of halogens is 3. The van der Waals surface area contributed by atoms with Crippen molar-refractivity contribution in [1.29, 1.82) is 0 Å². The third-order valence-electron chi connectivity index (χ3n) is 4.37. The van der Waals surface area contributed by atoms with Crippen molar-refractivity contribution < 1.29 is 27.3 Å². The molecule has 0 saturated carbocycles. The van der Waals surface area contributed by atoms with Gasteiger partial charge < -0.3 is 9.36 Å². The maximum Gasteiger partial charge on any atom is 0.322 e. The summed E-state index contributed by atoms with van der Waals surface area (Å²) in [5.74, 6) is -4.25. The summed E-state index contributed by atoms with van der Waals surface area (Å²) in [6.07, 6.45) is 1.12. The molecule has 2 aromatic rings. The molecule has 1 aliphatic heterocycles. The van der Waals surface area contributed by atoms with Crippen LogP contribution in [-0.2, 0) is 16.1 Å². The largest absolute Gasteiger partial charge is 0.383 e. The molecule has 1 aliphatic rings. The number of hydrogen-bond donors (Lipinski definition) is 1. The van der Waals surface area contributed by atoms with Crippen LogP contribution in [0.1, 0.15) is 37.0 Å². The quantitative estimate of drug-likeness (QED) is 0.838. The topological polar surface area (TPSA) is 75.5 Å². The van der Waals surface area contributed by atoms with E-state index in [9.17, 15) is 22.8 Å². The highest BCUT2D eigenvalue weighted by Gasteiger charge is 2.33. The van der Waals surface area contributed by atoms with Gasteiger partial charge in [-0.25, -0.2) is 13.2 Å². The summed E-state index contributed by atoms with van der Waals surface area (Å²) in [5, 5.41) is 3.67. The van der Waals surface area contributed by atoms with E-state index < -0.39 is 29.5 Å². The van der Waals surface area contributed by atoms with Gasteiger partial charge in [-0.1, -0.05) is 0 Å². The molecule has 2 heterocycles. The highest BCUT2D eigenvalue weighted by Crippen LogP contribution is 2.33. The standard InChI is InChI=1S/C17H17F3N2O4/c1-9(23)26-22-3-2-11(15-8-16(24)21-25-15)7-12(22)4-10-5-13(18)17(20)14(19)6-10/h5-6,8,11-12H,2-4,7H2,1H3,(H,21,24). The number of carbonyl (C=O) groups excluding carboxylic acids is 1. The Hall–Kier alpha value is -2.55. The summed E-state index contributed by atoms with van der Waals surface area (Å²) in [5.41, 5.74) is -0.124. The van der Waals surface area contributed by atoms with Gasteiger partial charge in [-0.2, -0.15) is 5.16 Å². The molecule has 0 amide bonds. The Labute approximate surface area is 146 Å². The van der Waals surface area contributed by atoms with Crippen molar-refractivity contribution in [3.63, 3.8) is 0 Å². The normalized spacial score (nSPS) is 20.9. The highest BCUT2D eigenvalue weighted by molar-refractivity contribution is 5.65. The monoisotopic (exact) mass is 370 g/mol. The molecule has 9 heteroatoms. The van der Waals surface area contributed by atoms with Gasteiger partial charge in [0.1, 0.15) is 5.76 Å². The zero-order chi connectivity index (χ0) is 18.8. The number of nitrogens with one attached hydrogen (secondary N) is 1. The number of piperidine rings is 1. The molecule has 26 heavy (non-hydrogen) atoms. The average Bonchev–Trinajstić information content (AvgIpc) is 3.00. The van der Waals surface area contributed by atoms with E-state index in [4.69, 9.17) is 9.36 Å². The third kappa shape index (κ3) is 3.98. The Morgan fingerprint density at radius 3 is 2.58 bits per heavy atom. The first-order valence-corrected chi connectivity index (χ1v) is 8.10. The molecule has 1 aromatic heterocycles. The third-order valence-corrected chi connectivity index (χ3v) is 4.37. The predicted octanol–water partition coefficient (Wildman–Crippen LogP) is 2.65. The van der Waals surface area contributed by atoms with Crippen LogP contribution in [0, 0.1) is 17.5 Å².